The quantitative estimate of drug-likeness (QED) is 0.170. The monoisotopic (exact) mass is 692 g/mol. The van der Waals surface area contributed by atoms with Crippen LogP contribution in [0.5, 0.6) is 0 Å². The predicted octanol–water partition coefficient (Wildman–Crippen LogP) is 8.86. The van der Waals surface area contributed by atoms with Crippen LogP contribution in [-0.2, 0) is 20.1 Å². The van der Waals surface area contributed by atoms with Gasteiger partial charge in [-0.25, -0.2) is 0 Å². The van der Waals surface area contributed by atoms with Crippen LogP contribution in [0.3, 0.4) is 0 Å². The fourth-order valence-electron chi connectivity index (χ4n) is 5.42. The van der Waals surface area contributed by atoms with Crippen LogP contribution < -0.4 is 0 Å². The Morgan fingerprint density at radius 2 is 1.38 bits per heavy atom. The number of hydrogen-bond acceptors (Lipinski definition) is 2. The molecule has 0 atom stereocenters. The van der Waals surface area contributed by atoms with Crippen molar-refractivity contribution in [2.45, 2.75) is 13.8 Å². The summed E-state index contributed by atoms with van der Waals surface area (Å²) in [6, 6.07) is 42.0. The molecule has 4 heterocycles. The molecule has 8 rings (SSSR count). The van der Waals surface area contributed by atoms with Gasteiger partial charge in [0.1, 0.15) is 0 Å². The van der Waals surface area contributed by atoms with E-state index in [0.717, 1.165) is 22.5 Å². The fraction of sp³-hybridized carbons (Fsp3) is 0.0556. The molecule has 8 aromatic rings. The maximum atomic E-state index is 4.73. The zero-order valence-corrected chi connectivity index (χ0v) is 24.5. The van der Waals surface area contributed by atoms with Gasteiger partial charge in [-0.2, -0.15) is 0 Å². The van der Waals surface area contributed by atoms with Crippen LogP contribution in [0, 0.1) is 26.0 Å². The number of benzene rings is 4. The second kappa shape index (κ2) is 10.7. The second-order valence-electron chi connectivity index (χ2n) is 9.82. The zero-order valence-electron chi connectivity index (χ0n) is 22.1. The van der Waals surface area contributed by atoms with Crippen molar-refractivity contribution in [3.8, 4) is 22.5 Å². The first kappa shape index (κ1) is 25.9. The van der Waals surface area contributed by atoms with Crippen LogP contribution in [-0.4, -0.2) is 14.4 Å². The maximum absolute atomic E-state index is 4.73. The SMILES string of the molecule is Cc1cnc(-c2[c-]cc3c4ccccc4n4c5ccccc5c2c34)cc1C.[Ir].[c-]1ccccc1-c1ccccn1. The zero-order chi connectivity index (χ0) is 26.3. The van der Waals surface area contributed by atoms with Gasteiger partial charge in [0.05, 0.1) is 0 Å². The third-order valence-corrected chi connectivity index (χ3v) is 7.45. The van der Waals surface area contributed by atoms with Crippen LogP contribution in [0.2, 0.25) is 0 Å². The van der Waals surface area contributed by atoms with Crippen molar-refractivity contribution in [2.75, 3.05) is 0 Å². The molecule has 0 N–H and O–H groups in total. The van der Waals surface area contributed by atoms with Gasteiger partial charge >= 0.3 is 0 Å². The van der Waals surface area contributed by atoms with Crippen molar-refractivity contribution in [3.05, 3.63) is 139 Å². The molecule has 3 nitrogen and oxygen atoms in total. The molecule has 40 heavy (non-hydrogen) atoms. The average molecular weight is 692 g/mol. The Morgan fingerprint density at radius 3 is 2.10 bits per heavy atom. The summed E-state index contributed by atoms with van der Waals surface area (Å²) in [6.45, 7) is 4.24. The Kier molecular flexibility index (Phi) is 6.89. The van der Waals surface area contributed by atoms with E-state index in [1.807, 2.05) is 48.7 Å². The third kappa shape index (κ3) is 4.26. The van der Waals surface area contributed by atoms with Gasteiger partial charge in [0.25, 0.3) is 0 Å². The number of rotatable bonds is 2. The molecular formula is C36H25IrN3-2. The van der Waals surface area contributed by atoms with E-state index >= 15 is 0 Å². The first-order chi connectivity index (χ1) is 19.2. The molecule has 0 unspecified atom stereocenters. The fourth-order valence-corrected chi connectivity index (χ4v) is 5.42. The Hall–Kier alpha value is -4.37. The number of pyridine rings is 2. The number of hydrogen-bond donors (Lipinski definition) is 0. The number of nitrogens with zero attached hydrogens (tertiary/aromatic N) is 3. The van der Waals surface area contributed by atoms with Gasteiger partial charge in [-0.05, 0) is 65.3 Å². The van der Waals surface area contributed by atoms with Crippen molar-refractivity contribution >= 4 is 38.1 Å². The van der Waals surface area contributed by atoms with E-state index in [1.165, 1.54) is 49.2 Å². The van der Waals surface area contributed by atoms with Crippen LogP contribution >= 0.6 is 0 Å². The first-order valence-electron chi connectivity index (χ1n) is 13.1. The first-order valence-corrected chi connectivity index (χ1v) is 13.1. The normalized spacial score (nSPS) is 11.1. The Morgan fingerprint density at radius 1 is 0.650 bits per heavy atom. The van der Waals surface area contributed by atoms with E-state index in [1.54, 1.807) is 6.20 Å². The van der Waals surface area contributed by atoms with Crippen molar-refractivity contribution in [3.63, 3.8) is 0 Å². The number of para-hydroxylation sites is 2. The summed E-state index contributed by atoms with van der Waals surface area (Å²) in [5.41, 5.74) is 10.3. The molecule has 0 spiro atoms. The molecule has 0 aliphatic rings. The van der Waals surface area contributed by atoms with Crippen LogP contribution in [0.25, 0.3) is 60.6 Å². The van der Waals surface area contributed by atoms with Crippen molar-refractivity contribution < 1.29 is 20.1 Å². The van der Waals surface area contributed by atoms with Crippen molar-refractivity contribution in [1.29, 1.82) is 0 Å². The standard InChI is InChI=1S/C25H17N2.C11H8N.Ir/c1-15-13-21(26-14-16(15)2)19-12-11-18-17-7-3-5-9-22(17)27-23-10-6-4-8-20(23)24(19)25(18)27;1-2-6-10(7-3-1)11-8-4-5-9-12-11;/h3-11,13-14H,1-2H3;1-6,8-9H;/q2*-1;. The molecule has 4 aromatic carbocycles. The number of fused-ring (bicyclic) bond motifs is 6. The molecule has 0 aliphatic carbocycles. The van der Waals surface area contributed by atoms with Gasteiger partial charge < -0.3 is 14.4 Å². The molecule has 4 heteroatoms. The summed E-state index contributed by atoms with van der Waals surface area (Å²) in [6.07, 6.45) is 3.75. The van der Waals surface area contributed by atoms with Gasteiger partial charge in [-0.3, -0.25) is 0 Å². The number of aryl methyl sites for hydroxylation is 2. The molecule has 195 valence electrons. The predicted molar refractivity (Wildman–Crippen MR) is 161 cm³/mol. The largest absolute Gasteiger partial charge is 0.327 e. The minimum atomic E-state index is 0. The van der Waals surface area contributed by atoms with Gasteiger partial charge in [-0.1, -0.05) is 70.9 Å². The summed E-state index contributed by atoms with van der Waals surface area (Å²) >= 11 is 0. The maximum Gasteiger partial charge on any atom is 0.0430 e. The molecule has 1 radical (unpaired) electrons. The van der Waals surface area contributed by atoms with Gasteiger partial charge in [-0.15, -0.1) is 53.6 Å². The Balaban J connectivity index is 0.000000188. The topological polar surface area (TPSA) is 30.2 Å². The summed E-state index contributed by atoms with van der Waals surface area (Å²) in [4.78, 5) is 8.95. The minimum Gasteiger partial charge on any atom is -0.327 e. The Bertz CT molecular complexity index is 2040. The van der Waals surface area contributed by atoms with E-state index in [-0.39, 0.29) is 20.1 Å². The molecule has 0 saturated carbocycles. The number of aromatic nitrogens is 3. The molecule has 0 bridgehead atoms. The van der Waals surface area contributed by atoms with Gasteiger partial charge in [0.15, 0.2) is 0 Å². The molecule has 4 aromatic heterocycles. The summed E-state index contributed by atoms with van der Waals surface area (Å²) in [5, 5.41) is 5.04. The molecule has 0 fully saturated rings. The molecule has 0 amide bonds. The second-order valence-corrected chi connectivity index (χ2v) is 9.82. The Labute approximate surface area is 246 Å². The molecule has 0 saturated heterocycles. The van der Waals surface area contributed by atoms with Crippen LogP contribution in [0.1, 0.15) is 11.1 Å². The van der Waals surface area contributed by atoms with Gasteiger partial charge in [0, 0.05) is 43.5 Å². The van der Waals surface area contributed by atoms with Crippen molar-refractivity contribution in [1.82, 2.24) is 14.4 Å². The van der Waals surface area contributed by atoms with Crippen LogP contribution in [0.4, 0.5) is 0 Å². The summed E-state index contributed by atoms with van der Waals surface area (Å²) in [7, 11) is 0. The third-order valence-electron chi connectivity index (χ3n) is 7.45. The smallest absolute Gasteiger partial charge is 0.0430 e. The van der Waals surface area contributed by atoms with Crippen molar-refractivity contribution in [2.24, 2.45) is 0 Å². The van der Waals surface area contributed by atoms with E-state index < -0.39 is 0 Å². The van der Waals surface area contributed by atoms with E-state index in [4.69, 9.17) is 4.98 Å². The summed E-state index contributed by atoms with van der Waals surface area (Å²) in [5.74, 6) is 0. The molecular weight excluding hydrogens is 667 g/mol. The average Bonchev–Trinajstić information content (AvgIpc) is 3.52. The van der Waals surface area contributed by atoms with E-state index in [2.05, 4.69) is 96.0 Å². The van der Waals surface area contributed by atoms with E-state index in [0.29, 0.717) is 0 Å². The van der Waals surface area contributed by atoms with Crippen LogP contribution in [0.15, 0.2) is 116 Å². The van der Waals surface area contributed by atoms with Gasteiger partial charge in [0.2, 0.25) is 0 Å². The minimum absolute atomic E-state index is 0. The van der Waals surface area contributed by atoms with E-state index in [9.17, 15) is 0 Å². The summed E-state index contributed by atoms with van der Waals surface area (Å²) < 4.78 is 2.40. The molecule has 0 aliphatic heterocycles.